The number of halogens is 1. The molecule has 3 aromatic carbocycles. The van der Waals surface area contributed by atoms with Crippen LogP contribution in [0.2, 0.25) is 0 Å². The van der Waals surface area contributed by atoms with Crippen LogP contribution < -0.4 is 0 Å². The molecule has 4 rings (SSSR count). The molecule has 4 aromatic rings. The van der Waals surface area contributed by atoms with Crippen molar-refractivity contribution in [3.63, 3.8) is 0 Å². The molecule has 2 heteroatoms. The van der Waals surface area contributed by atoms with Crippen LogP contribution in [0.4, 0.5) is 4.39 Å². The van der Waals surface area contributed by atoms with Crippen LogP contribution in [0.15, 0.2) is 91.1 Å². The highest BCUT2D eigenvalue weighted by Crippen LogP contribution is 2.32. The predicted molar refractivity (Wildman–Crippen MR) is 102 cm³/mol. The van der Waals surface area contributed by atoms with E-state index in [0.29, 0.717) is 0 Å². The molecule has 0 fully saturated rings. The van der Waals surface area contributed by atoms with Gasteiger partial charge in [0.05, 0.1) is 0 Å². The maximum atomic E-state index is 13.5. The zero-order valence-electron chi connectivity index (χ0n) is 13.7. The van der Waals surface area contributed by atoms with E-state index < -0.39 is 0 Å². The zero-order chi connectivity index (χ0) is 17.1. The molecule has 0 saturated heterocycles. The summed E-state index contributed by atoms with van der Waals surface area (Å²) in [6.45, 7) is 0. The highest BCUT2D eigenvalue weighted by atomic mass is 19.1. The molecule has 0 aliphatic carbocycles. The first-order valence-corrected chi connectivity index (χ1v) is 8.36. The van der Waals surface area contributed by atoms with Gasteiger partial charge >= 0.3 is 0 Å². The molecule has 1 atom stereocenters. The second kappa shape index (κ2) is 6.78. The summed E-state index contributed by atoms with van der Waals surface area (Å²) in [6, 6.07) is 25.5. The van der Waals surface area contributed by atoms with Gasteiger partial charge in [0.15, 0.2) is 0 Å². The molecule has 0 unspecified atom stereocenters. The van der Waals surface area contributed by atoms with Crippen molar-refractivity contribution >= 4 is 17.0 Å². The quantitative estimate of drug-likeness (QED) is 0.462. The predicted octanol–water partition coefficient (Wildman–Crippen LogP) is 6.15. The van der Waals surface area contributed by atoms with Crippen LogP contribution in [-0.4, -0.2) is 4.98 Å². The molecule has 1 aromatic heterocycles. The fourth-order valence-corrected chi connectivity index (χ4v) is 3.20. The highest BCUT2D eigenvalue weighted by Gasteiger charge is 2.15. The minimum absolute atomic E-state index is 0.0978. The number of aromatic amines is 1. The number of aromatic nitrogens is 1. The van der Waals surface area contributed by atoms with Gasteiger partial charge in [-0.3, -0.25) is 0 Å². The lowest BCUT2D eigenvalue weighted by Crippen LogP contribution is -1.96. The second-order valence-corrected chi connectivity index (χ2v) is 6.09. The number of nitrogens with one attached hydrogen (secondary N) is 1. The summed E-state index contributed by atoms with van der Waals surface area (Å²) >= 11 is 0. The molecule has 0 aliphatic heterocycles. The molecule has 0 saturated carbocycles. The Balaban J connectivity index is 1.81. The van der Waals surface area contributed by atoms with Gasteiger partial charge in [-0.05, 0) is 34.9 Å². The van der Waals surface area contributed by atoms with Gasteiger partial charge in [-0.25, -0.2) is 4.39 Å². The number of rotatable bonds is 4. The fourth-order valence-electron chi connectivity index (χ4n) is 3.20. The van der Waals surface area contributed by atoms with E-state index in [4.69, 9.17) is 0 Å². The van der Waals surface area contributed by atoms with Crippen molar-refractivity contribution in [2.24, 2.45) is 0 Å². The Morgan fingerprint density at radius 1 is 0.840 bits per heavy atom. The number of benzene rings is 3. The Bertz CT molecular complexity index is 1000. The average Bonchev–Trinajstić information content (AvgIpc) is 3.06. The number of hydrogen-bond acceptors (Lipinski definition) is 0. The highest BCUT2D eigenvalue weighted by molar-refractivity contribution is 5.84. The zero-order valence-corrected chi connectivity index (χ0v) is 13.7. The van der Waals surface area contributed by atoms with Crippen LogP contribution in [0, 0.1) is 5.82 Å². The Labute approximate surface area is 146 Å². The summed E-state index contributed by atoms with van der Waals surface area (Å²) in [5.41, 5.74) is 4.34. The van der Waals surface area contributed by atoms with Crippen LogP contribution in [0.3, 0.4) is 0 Å². The monoisotopic (exact) mass is 327 g/mol. The van der Waals surface area contributed by atoms with Crippen LogP contribution in [0.5, 0.6) is 0 Å². The minimum Gasteiger partial charge on any atom is -0.361 e. The number of H-pyrrole nitrogens is 1. The topological polar surface area (TPSA) is 15.8 Å². The van der Waals surface area contributed by atoms with Crippen LogP contribution >= 0.6 is 0 Å². The van der Waals surface area contributed by atoms with Crippen molar-refractivity contribution in [2.45, 2.75) is 5.92 Å². The lowest BCUT2D eigenvalue weighted by Gasteiger charge is -2.13. The third-order valence-electron chi connectivity index (χ3n) is 4.45. The lowest BCUT2D eigenvalue weighted by molar-refractivity contribution is 0.629. The van der Waals surface area contributed by atoms with Crippen LogP contribution in [-0.2, 0) is 0 Å². The lowest BCUT2D eigenvalue weighted by atomic mass is 9.90. The van der Waals surface area contributed by atoms with Crippen molar-refractivity contribution < 1.29 is 4.39 Å². The molecule has 0 aliphatic rings. The molecule has 0 amide bonds. The molecule has 122 valence electrons. The molecular weight excluding hydrogens is 309 g/mol. The largest absolute Gasteiger partial charge is 0.361 e. The normalized spacial score (nSPS) is 12.7. The summed E-state index contributed by atoms with van der Waals surface area (Å²) in [5, 5.41) is 1.05. The third kappa shape index (κ3) is 3.24. The SMILES string of the molecule is Fc1ccc2c([C@@H](/C=C/c3ccccc3)c3ccccc3)c[nH]c2c1. The smallest absolute Gasteiger partial charge is 0.125 e. The Hall–Kier alpha value is -3.13. The van der Waals surface area contributed by atoms with Gasteiger partial charge in [0.2, 0.25) is 0 Å². The van der Waals surface area contributed by atoms with Crippen molar-refractivity contribution in [3.05, 3.63) is 114 Å². The number of hydrogen-bond donors (Lipinski definition) is 1. The molecule has 0 radical (unpaired) electrons. The van der Waals surface area contributed by atoms with Gasteiger partial charge in [-0.1, -0.05) is 72.8 Å². The van der Waals surface area contributed by atoms with E-state index in [1.807, 2.05) is 48.7 Å². The summed E-state index contributed by atoms with van der Waals surface area (Å²) in [7, 11) is 0. The minimum atomic E-state index is -0.225. The van der Waals surface area contributed by atoms with E-state index in [-0.39, 0.29) is 11.7 Å². The van der Waals surface area contributed by atoms with Crippen LogP contribution in [0.25, 0.3) is 17.0 Å². The number of fused-ring (bicyclic) bond motifs is 1. The first-order chi connectivity index (χ1) is 12.3. The van der Waals surface area contributed by atoms with Crippen molar-refractivity contribution in [1.29, 1.82) is 0 Å². The fraction of sp³-hybridized carbons (Fsp3) is 0.0435. The van der Waals surface area contributed by atoms with E-state index in [1.165, 1.54) is 11.6 Å². The molecule has 25 heavy (non-hydrogen) atoms. The van der Waals surface area contributed by atoms with E-state index in [2.05, 4.69) is 41.4 Å². The molecule has 1 heterocycles. The molecular formula is C23H18FN. The van der Waals surface area contributed by atoms with Gasteiger partial charge in [0, 0.05) is 23.0 Å². The van der Waals surface area contributed by atoms with Crippen molar-refractivity contribution in [3.8, 4) is 0 Å². The van der Waals surface area contributed by atoms with Gasteiger partial charge in [0.25, 0.3) is 0 Å². The van der Waals surface area contributed by atoms with Gasteiger partial charge in [-0.15, -0.1) is 0 Å². The molecule has 0 spiro atoms. The van der Waals surface area contributed by atoms with E-state index in [0.717, 1.165) is 22.0 Å². The molecule has 1 nitrogen and oxygen atoms in total. The maximum absolute atomic E-state index is 13.5. The Morgan fingerprint density at radius 3 is 2.32 bits per heavy atom. The average molecular weight is 327 g/mol. The maximum Gasteiger partial charge on any atom is 0.125 e. The summed E-state index contributed by atoms with van der Waals surface area (Å²) in [6.07, 6.45) is 6.33. The third-order valence-corrected chi connectivity index (χ3v) is 4.45. The summed E-state index contributed by atoms with van der Waals surface area (Å²) < 4.78 is 13.5. The molecule has 0 bridgehead atoms. The first-order valence-electron chi connectivity index (χ1n) is 8.36. The molecule has 1 N–H and O–H groups in total. The van der Waals surface area contributed by atoms with E-state index in [1.54, 1.807) is 6.07 Å². The van der Waals surface area contributed by atoms with E-state index in [9.17, 15) is 4.39 Å². The first kappa shape index (κ1) is 15.4. The van der Waals surface area contributed by atoms with Gasteiger partial charge in [-0.2, -0.15) is 0 Å². The Kier molecular flexibility index (Phi) is 4.17. The van der Waals surface area contributed by atoms with Crippen molar-refractivity contribution in [2.75, 3.05) is 0 Å². The standard InChI is InChI=1S/C23H18FN/c24-19-12-14-21-22(16-25-23(21)15-19)20(18-9-5-2-6-10-18)13-11-17-7-3-1-4-8-17/h1-16,20,25H/b13-11+/t20-/m0/s1. The second-order valence-electron chi connectivity index (χ2n) is 6.09. The number of allylic oxidation sites excluding steroid dienone is 1. The van der Waals surface area contributed by atoms with Gasteiger partial charge < -0.3 is 4.98 Å². The van der Waals surface area contributed by atoms with Crippen LogP contribution in [0.1, 0.15) is 22.6 Å². The Morgan fingerprint density at radius 2 is 1.56 bits per heavy atom. The summed E-state index contributed by atoms with van der Waals surface area (Å²) in [5.74, 6) is -0.127. The van der Waals surface area contributed by atoms with E-state index >= 15 is 0 Å². The van der Waals surface area contributed by atoms with Crippen molar-refractivity contribution in [1.82, 2.24) is 4.98 Å². The summed E-state index contributed by atoms with van der Waals surface area (Å²) in [4.78, 5) is 3.20. The van der Waals surface area contributed by atoms with Gasteiger partial charge in [0.1, 0.15) is 5.82 Å².